The maximum Gasteiger partial charge on any atom is 0.230 e. The molecule has 0 bridgehead atoms. The quantitative estimate of drug-likeness (QED) is 0.338. The number of para-hydroxylation sites is 1. The van der Waals surface area contributed by atoms with Crippen molar-refractivity contribution in [2.45, 2.75) is 31.5 Å². The molecule has 1 N–H and O–H groups in total. The van der Waals surface area contributed by atoms with E-state index >= 15 is 0 Å². The second-order valence-electron chi connectivity index (χ2n) is 7.79. The number of hydrogen-bond donors (Lipinski definition) is 1. The highest BCUT2D eigenvalue weighted by Gasteiger charge is 2.20. The first-order valence-electron chi connectivity index (χ1n) is 10.6. The van der Waals surface area contributed by atoms with Gasteiger partial charge in [0.15, 0.2) is 11.0 Å². The number of carbonyl (C=O) groups excluding carboxylic acids is 1. The topological polar surface area (TPSA) is 72.7 Å². The van der Waals surface area contributed by atoms with Gasteiger partial charge in [-0.15, -0.1) is 10.2 Å². The van der Waals surface area contributed by atoms with Gasteiger partial charge in [0.1, 0.15) is 0 Å². The molecule has 0 aliphatic heterocycles. The summed E-state index contributed by atoms with van der Waals surface area (Å²) >= 11 is 7.38. The van der Waals surface area contributed by atoms with Crippen LogP contribution in [0.3, 0.4) is 0 Å². The molecule has 0 aliphatic carbocycles. The van der Waals surface area contributed by atoms with E-state index in [2.05, 4.69) is 46.5 Å². The Bertz CT molecular complexity index is 1240. The number of aromatic nitrogens is 4. The van der Waals surface area contributed by atoms with Crippen molar-refractivity contribution in [3.63, 3.8) is 0 Å². The predicted molar refractivity (Wildman–Crippen MR) is 133 cm³/mol. The van der Waals surface area contributed by atoms with Crippen molar-refractivity contribution < 1.29 is 4.79 Å². The third-order valence-corrected chi connectivity index (χ3v) is 6.23. The number of pyridine rings is 1. The Hall–Kier alpha value is -3.16. The van der Waals surface area contributed by atoms with E-state index in [-0.39, 0.29) is 11.7 Å². The van der Waals surface area contributed by atoms with Crippen LogP contribution in [0.15, 0.2) is 78.2 Å². The van der Waals surface area contributed by atoms with Gasteiger partial charge in [-0.3, -0.25) is 14.3 Å². The van der Waals surface area contributed by atoms with Gasteiger partial charge in [-0.05, 0) is 47.4 Å². The largest absolute Gasteiger partial charge is 0.351 e. The SMILES string of the molecule is CC(C)c1ccccc1-n1c(SCC(=O)NCc2cccc(Cl)c2)nnc1-c1cccnc1. The molecule has 0 saturated heterocycles. The highest BCUT2D eigenvalue weighted by atomic mass is 35.5. The van der Waals surface area contributed by atoms with Gasteiger partial charge in [-0.25, -0.2) is 0 Å². The number of rotatable bonds is 8. The van der Waals surface area contributed by atoms with E-state index in [1.807, 2.05) is 53.1 Å². The smallest absolute Gasteiger partial charge is 0.230 e. The molecule has 168 valence electrons. The van der Waals surface area contributed by atoms with Crippen LogP contribution in [0.25, 0.3) is 17.1 Å². The molecule has 4 rings (SSSR count). The van der Waals surface area contributed by atoms with E-state index in [9.17, 15) is 4.79 Å². The molecule has 2 aromatic carbocycles. The molecule has 0 fully saturated rings. The number of hydrogen-bond acceptors (Lipinski definition) is 5. The van der Waals surface area contributed by atoms with Crippen molar-refractivity contribution in [1.29, 1.82) is 0 Å². The van der Waals surface area contributed by atoms with Crippen LogP contribution in [0, 0.1) is 0 Å². The fraction of sp³-hybridized carbons (Fsp3) is 0.200. The van der Waals surface area contributed by atoms with Gasteiger partial charge in [-0.2, -0.15) is 0 Å². The first kappa shape index (κ1) is 23.0. The van der Waals surface area contributed by atoms with Crippen molar-refractivity contribution in [3.8, 4) is 17.1 Å². The Morgan fingerprint density at radius 1 is 1.09 bits per heavy atom. The molecule has 4 aromatic rings. The molecule has 2 heterocycles. The highest BCUT2D eigenvalue weighted by molar-refractivity contribution is 7.99. The van der Waals surface area contributed by atoms with E-state index in [0.29, 0.717) is 28.5 Å². The first-order valence-corrected chi connectivity index (χ1v) is 12.0. The summed E-state index contributed by atoms with van der Waals surface area (Å²) in [5.41, 5.74) is 3.99. The molecule has 1 amide bonds. The summed E-state index contributed by atoms with van der Waals surface area (Å²) < 4.78 is 2.02. The zero-order chi connectivity index (χ0) is 23.2. The molecule has 0 spiro atoms. The molecule has 0 saturated carbocycles. The molecule has 6 nitrogen and oxygen atoms in total. The summed E-state index contributed by atoms with van der Waals surface area (Å²) in [7, 11) is 0. The van der Waals surface area contributed by atoms with Crippen molar-refractivity contribution in [3.05, 3.63) is 89.2 Å². The Morgan fingerprint density at radius 3 is 2.70 bits per heavy atom. The van der Waals surface area contributed by atoms with Crippen LogP contribution in [0.4, 0.5) is 0 Å². The van der Waals surface area contributed by atoms with Gasteiger partial charge >= 0.3 is 0 Å². The summed E-state index contributed by atoms with van der Waals surface area (Å²) in [4.78, 5) is 16.8. The third-order valence-electron chi connectivity index (χ3n) is 5.06. The summed E-state index contributed by atoms with van der Waals surface area (Å²) in [5.74, 6) is 1.13. The molecule has 0 unspecified atom stereocenters. The minimum Gasteiger partial charge on any atom is -0.351 e. The number of nitrogens with one attached hydrogen (secondary N) is 1. The minimum atomic E-state index is -0.0883. The number of carbonyl (C=O) groups is 1. The highest BCUT2D eigenvalue weighted by Crippen LogP contribution is 2.31. The second-order valence-corrected chi connectivity index (χ2v) is 9.17. The maximum absolute atomic E-state index is 12.5. The van der Waals surface area contributed by atoms with Crippen LogP contribution in [0.1, 0.15) is 30.9 Å². The third kappa shape index (κ3) is 5.61. The van der Waals surface area contributed by atoms with Gasteiger partial charge in [-0.1, -0.05) is 67.5 Å². The minimum absolute atomic E-state index is 0.0883. The van der Waals surface area contributed by atoms with Gasteiger partial charge in [0.05, 0.1) is 11.4 Å². The summed E-state index contributed by atoms with van der Waals surface area (Å²) in [5, 5.41) is 13.1. The van der Waals surface area contributed by atoms with Gasteiger partial charge in [0, 0.05) is 29.5 Å². The van der Waals surface area contributed by atoms with Crippen LogP contribution < -0.4 is 5.32 Å². The molecule has 0 atom stereocenters. The zero-order valence-electron chi connectivity index (χ0n) is 18.4. The Balaban J connectivity index is 1.58. The normalized spacial score (nSPS) is 11.0. The molecular weight excluding hydrogens is 454 g/mol. The van der Waals surface area contributed by atoms with Gasteiger partial charge < -0.3 is 5.32 Å². The van der Waals surface area contributed by atoms with Crippen molar-refractivity contribution in [2.75, 3.05) is 5.75 Å². The van der Waals surface area contributed by atoms with E-state index in [0.717, 1.165) is 16.8 Å². The number of amides is 1. The maximum atomic E-state index is 12.5. The average Bonchev–Trinajstić information content (AvgIpc) is 3.26. The standard InChI is InChI=1S/C25H24ClN5OS/c1-17(2)21-10-3-4-11-22(21)31-24(19-8-6-12-27-15-19)29-30-25(31)33-16-23(32)28-14-18-7-5-9-20(26)13-18/h3-13,15,17H,14,16H2,1-2H3,(H,28,32). The first-order chi connectivity index (χ1) is 16.0. The number of halogens is 1. The van der Waals surface area contributed by atoms with E-state index in [1.165, 1.54) is 17.3 Å². The van der Waals surface area contributed by atoms with Crippen LogP contribution in [0.2, 0.25) is 5.02 Å². The average molecular weight is 478 g/mol. The molecule has 0 aliphatic rings. The summed E-state index contributed by atoms with van der Waals surface area (Å²) in [6.07, 6.45) is 3.50. The lowest BCUT2D eigenvalue weighted by atomic mass is 10.0. The number of benzene rings is 2. The predicted octanol–water partition coefficient (Wildman–Crippen LogP) is 5.51. The van der Waals surface area contributed by atoms with Crippen LogP contribution in [-0.2, 0) is 11.3 Å². The number of nitrogens with zero attached hydrogens (tertiary/aromatic N) is 4. The summed E-state index contributed by atoms with van der Waals surface area (Å²) in [6, 6.07) is 19.5. The van der Waals surface area contributed by atoms with Gasteiger partial charge in [0.2, 0.25) is 5.91 Å². The Kier molecular flexibility index (Phi) is 7.42. The van der Waals surface area contributed by atoms with Crippen LogP contribution in [0.5, 0.6) is 0 Å². The number of thioether (sulfide) groups is 1. The monoisotopic (exact) mass is 477 g/mol. The lowest BCUT2D eigenvalue weighted by Crippen LogP contribution is -2.24. The molecule has 8 heteroatoms. The van der Waals surface area contributed by atoms with Crippen LogP contribution >= 0.6 is 23.4 Å². The van der Waals surface area contributed by atoms with Gasteiger partial charge in [0.25, 0.3) is 0 Å². The zero-order valence-corrected chi connectivity index (χ0v) is 20.0. The van der Waals surface area contributed by atoms with Crippen LogP contribution in [-0.4, -0.2) is 31.4 Å². The fourth-order valence-electron chi connectivity index (χ4n) is 3.47. The second kappa shape index (κ2) is 10.6. The lowest BCUT2D eigenvalue weighted by Gasteiger charge is -2.16. The Labute approximate surface area is 202 Å². The van der Waals surface area contributed by atoms with E-state index in [4.69, 9.17) is 11.6 Å². The molecule has 0 radical (unpaired) electrons. The van der Waals surface area contributed by atoms with E-state index < -0.39 is 0 Å². The summed E-state index contributed by atoms with van der Waals surface area (Å²) in [6.45, 7) is 4.73. The Morgan fingerprint density at radius 2 is 1.94 bits per heavy atom. The fourth-order valence-corrected chi connectivity index (χ4v) is 4.46. The molecule has 33 heavy (non-hydrogen) atoms. The molecular formula is C25H24ClN5OS. The lowest BCUT2D eigenvalue weighted by molar-refractivity contribution is -0.118. The van der Waals surface area contributed by atoms with Crippen molar-refractivity contribution in [2.24, 2.45) is 0 Å². The van der Waals surface area contributed by atoms with Crippen molar-refractivity contribution >= 4 is 29.3 Å². The van der Waals surface area contributed by atoms with Crippen molar-refractivity contribution in [1.82, 2.24) is 25.1 Å². The van der Waals surface area contributed by atoms with E-state index in [1.54, 1.807) is 12.4 Å². The molecule has 2 aromatic heterocycles.